The molecular weight excluding hydrogens is 853 g/mol. The quantitative estimate of drug-likeness (QED) is 0.0199. The highest BCUT2D eigenvalue weighted by molar-refractivity contribution is 5.71. The molecular formula is C63H106O6. The van der Waals surface area contributed by atoms with E-state index in [1.54, 1.807) is 0 Å². The van der Waals surface area contributed by atoms with Gasteiger partial charge in [0, 0.05) is 19.3 Å². The van der Waals surface area contributed by atoms with Crippen molar-refractivity contribution in [2.75, 3.05) is 13.2 Å². The molecule has 0 aliphatic heterocycles. The van der Waals surface area contributed by atoms with Crippen molar-refractivity contribution in [1.29, 1.82) is 0 Å². The summed E-state index contributed by atoms with van der Waals surface area (Å²) in [7, 11) is 0. The lowest BCUT2D eigenvalue weighted by atomic mass is 10.0. The fraction of sp³-hybridized carbons (Fsp3) is 0.698. The molecule has 0 aliphatic rings. The van der Waals surface area contributed by atoms with Crippen molar-refractivity contribution in [3.8, 4) is 0 Å². The minimum atomic E-state index is -0.816. The summed E-state index contributed by atoms with van der Waals surface area (Å²) in [6.07, 6.45) is 75.5. The maximum atomic E-state index is 12.9. The second-order valence-electron chi connectivity index (χ2n) is 18.9. The van der Waals surface area contributed by atoms with Crippen molar-refractivity contribution in [1.82, 2.24) is 0 Å². The van der Waals surface area contributed by atoms with Gasteiger partial charge in [0.2, 0.25) is 0 Å². The predicted molar refractivity (Wildman–Crippen MR) is 297 cm³/mol. The molecule has 0 aromatic carbocycles. The Kier molecular flexibility index (Phi) is 53.9. The van der Waals surface area contributed by atoms with E-state index in [0.717, 1.165) is 96.3 Å². The second kappa shape index (κ2) is 56.9. The van der Waals surface area contributed by atoms with Crippen molar-refractivity contribution in [3.05, 3.63) is 97.2 Å². The number of carbonyl (C=O) groups excluding carboxylic acids is 3. The first-order valence-corrected chi connectivity index (χ1v) is 28.8. The van der Waals surface area contributed by atoms with Gasteiger partial charge in [0.1, 0.15) is 13.2 Å². The van der Waals surface area contributed by atoms with E-state index >= 15 is 0 Å². The van der Waals surface area contributed by atoms with Crippen LogP contribution in [0.3, 0.4) is 0 Å². The number of allylic oxidation sites excluding steroid dienone is 16. The molecule has 1 atom stereocenters. The SMILES string of the molecule is CC/C=C\C/C=C\C/C=C\C/C=C\C/C=C\C/C=C\CCC(=O)OCC(COC(=O)CCCCCCCCCCCCCCCC)OC(=O)CCCCCCC/C=C\C=C/CCCCCCCCC. The molecule has 0 fully saturated rings. The van der Waals surface area contributed by atoms with E-state index in [0.29, 0.717) is 19.3 Å². The molecule has 6 heteroatoms. The zero-order chi connectivity index (χ0) is 50.0. The number of ether oxygens (including phenoxy) is 3. The number of hydrogen-bond acceptors (Lipinski definition) is 6. The third-order valence-corrected chi connectivity index (χ3v) is 12.1. The smallest absolute Gasteiger partial charge is 0.306 e. The largest absolute Gasteiger partial charge is 0.462 e. The maximum Gasteiger partial charge on any atom is 0.306 e. The van der Waals surface area contributed by atoms with Crippen LogP contribution in [-0.4, -0.2) is 37.2 Å². The van der Waals surface area contributed by atoms with E-state index in [9.17, 15) is 14.4 Å². The summed E-state index contributed by atoms with van der Waals surface area (Å²) in [5.41, 5.74) is 0. The van der Waals surface area contributed by atoms with Crippen LogP contribution in [0.15, 0.2) is 97.2 Å². The van der Waals surface area contributed by atoms with Crippen molar-refractivity contribution in [2.24, 2.45) is 0 Å². The Bertz CT molecular complexity index is 1380. The fourth-order valence-electron chi connectivity index (χ4n) is 7.81. The average molecular weight is 960 g/mol. The first-order valence-electron chi connectivity index (χ1n) is 28.8. The molecule has 0 aromatic rings. The molecule has 0 aromatic heterocycles. The number of hydrogen-bond donors (Lipinski definition) is 0. The third-order valence-electron chi connectivity index (χ3n) is 12.1. The molecule has 0 amide bonds. The molecule has 69 heavy (non-hydrogen) atoms. The van der Waals surface area contributed by atoms with Gasteiger partial charge in [0.15, 0.2) is 6.10 Å². The number of rotatable bonds is 51. The average Bonchev–Trinajstić information content (AvgIpc) is 3.35. The molecule has 0 aliphatic carbocycles. The summed E-state index contributed by atoms with van der Waals surface area (Å²) in [6.45, 7) is 6.45. The highest BCUT2D eigenvalue weighted by atomic mass is 16.6. The first kappa shape index (κ1) is 65.3. The van der Waals surface area contributed by atoms with Crippen molar-refractivity contribution in [2.45, 2.75) is 271 Å². The minimum Gasteiger partial charge on any atom is -0.462 e. The van der Waals surface area contributed by atoms with E-state index in [4.69, 9.17) is 14.2 Å². The van der Waals surface area contributed by atoms with Crippen LogP contribution < -0.4 is 0 Å². The van der Waals surface area contributed by atoms with E-state index in [1.165, 1.54) is 122 Å². The van der Waals surface area contributed by atoms with Crippen LogP contribution in [0.4, 0.5) is 0 Å². The van der Waals surface area contributed by atoms with E-state index in [1.807, 2.05) is 6.08 Å². The standard InChI is InChI=1S/C63H106O6/c1-4-7-10-13-16-19-22-25-28-30-32-34-35-38-41-44-47-50-53-56-62(65)68-59-60(58-67-61(64)55-52-49-46-43-40-37-27-24-21-18-15-12-9-6-3)69-63(66)57-54-51-48-45-42-39-36-33-31-29-26-23-20-17-14-11-8-5-2/h7,10,16,19,25,28-29,31-34,36,38,41,47,50,60H,4-6,8-9,11-15,17-18,20-24,26-27,30,35,37,39-40,42-46,48-49,51-59H2,1-3H3/b10-7-,19-16-,28-25-,31-29-,34-32-,36-33-,41-38-,50-47-. The van der Waals surface area contributed by atoms with Gasteiger partial charge >= 0.3 is 17.9 Å². The van der Waals surface area contributed by atoms with Crippen LogP contribution in [0.25, 0.3) is 0 Å². The molecule has 0 saturated heterocycles. The maximum absolute atomic E-state index is 12.9. The summed E-state index contributed by atoms with van der Waals surface area (Å²) < 4.78 is 16.8. The van der Waals surface area contributed by atoms with Crippen molar-refractivity contribution < 1.29 is 28.6 Å². The van der Waals surface area contributed by atoms with Crippen LogP contribution in [0.2, 0.25) is 0 Å². The summed E-state index contributed by atoms with van der Waals surface area (Å²) in [4.78, 5) is 38.1. The molecule has 0 N–H and O–H groups in total. The third kappa shape index (κ3) is 55.1. The minimum absolute atomic E-state index is 0.106. The van der Waals surface area contributed by atoms with Crippen LogP contribution in [0.5, 0.6) is 0 Å². The Morgan fingerprint density at radius 3 is 1.03 bits per heavy atom. The van der Waals surface area contributed by atoms with Gasteiger partial charge in [-0.05, 0) is 83.5 Å². The summed E-state index contributed by atoms with van der Waals surface area (Å²) in [6, 6.07) is 0. The number of unbranched alkanes of at least 4 members (excludes halogenated alkanes) is 25. The van der Waals surface area contributed by atoms with Gasteiger partial charge in [-0.15, -0.1) is 0 Å². The first-order chi connectivity index (χ1) is 34.0. The molecule has 0 rings (SSSR count). The normalized spacial score (nSPS) is 12.8. The van der Waals surface area contributed by atoms with Gasteiger partial charge in [-0.3, -0.25) is 14.4 Å². The molecule has 394 valence electrons. The van der Waals surface area contributed by atoms with Gasteiger partial charge in [-0.1, -0.05) is 259 Å². The Labute approximate surface area is 426 Å². The molecule has 1 unspecified atom stereocenters. The molecule has 0 bridgehead atoms. The highest BCUT2D eigenvalue weighted by Crippen LogP contribution is 2.15. The Morgan fingerprint density at radius 2 is 0.638 bits per heavy atom. The zero-order valence-electron chi connectivity index (χ0n) is 45.0. The van der Waals surface area contributed by atoms with Gasteiger partial charge in [-0.25, -0.2) is 0 Å². The van der Waals surface area contributed by atoms with Gasteiger partial charge in [0.25, 0.3) is 0 Å². The van der Waals surface area contributed by atoms with Crippen molar-refractivity contribution in [3.63, 3.8) is 0 Å². The summed E-state index contributed by atoms with van der Waals surface area (Å²) in [5, 5.41) is 0. The van der Waals surface area contributed by atoms with Crippen LogP contribution in [0, 0.1) is 0 Å². The lowest BCUT2D eigenvalue weighted by Crippen LogP contribution is -2.30. The number of carbonyl (C=O) groups is 3. The predicted octanol–water partition coefficient (Wildman–Crippen LogP) is 19.3. The van der Waals surface area contributed by atoms with Crippen molar-refractivity contribution >= 4 is 17.9 Å². The molecule has 6 nitrogen and oxygen atoms in total. The number of esters is 3. The monoisotopic (exact) mass is 959 g/mol. The lowest BCUT2D eigenvalue weighted by Gasteiger charge is -2.18. The Morgan fingerprint density at radius 1 is 0.319 bits per heavy atom. The lowest BCUT2D eigenvalue weighted by molar-refractivity contribution is -0.166. The summed E-state index contributed by atoms with van der Waals surface area (Å²) in [5.74, 6) is -1.00. The second-order valence-corrected chi connectivity index (χ2v) is 18.9. The van der Waals surface area contributed by atoms with Crippen LogP contribution in [0.1, 0.15) is 265 Å². The summed E-state index contributed by atoms with van der Waals surface area (Å²) >= 11 is 0. The van der Waals surface area contributed by atoms with Crippen LogP contribution in [-0.2, 0) is 28.6 Å². The fourth-order valence-corrected chi connectivity index (χ4v) is 7.81. The van der Waals surface area contributed by atoms with E-state index in [-0.39, 0.29) is 37.5 Å². The Balaban J connectivity index is 4.52. The molecule has 0 heterocycles. The van der Waals surface area contributed by atoms with E-state index < -0.39 is 6.10 Å². The molecule has 0 radical (unpaired) electrons. The Hall–Kier alpha value is -3.67. The van der Waals surface area contributed by atoms with Crippen LogP contribution >= 0.6 is 0 Å². The topological polar surface area (TPSA) is 78.9 Å². The zero-order valence-corrected chi connectivity index (χ0v) is 45.0. The van der Waals surface area contributed by atoms with E-state index in [2.05, 4.69) is 112 Å². The molecule has 0 spiro atoms. The van der Waals surface area contributed by atoms with Gasteiger partial charge in [-0.2, -0.15) is 0 Å². The highest BCUT2D eigenvalue weighted by Gasteiger charge is 2.19. The molecule has 0 saturated carbocycles. The van der Waals surface area contributed by atoms with Gasteiger partial charge < -0.3 is 14.2 Å². The van der Waals surface area contributed by atoms with Gasteiger partial charge in [0.05, 0.1) is 0 Å².